The summed E-state index contributed by atoms with van der Waals surface area (Å²) >= 11 is 0. The smallest absolute Gasteiger partial charge is 0.250 e. The molecule has 1 N–H and O–H groups in total. The predicted octanol–water partition coefficient (Wildman–Crippen LogP) is 1.27. The molecule has 0 radical (unpaired) electrons. The Hall–Kier alpha value is -1.54. The molecule has 2 fully saturated rings. The van der Waals surface area contributed by atoms with E-state index in [1.165, 1.54) is 0 Å². The van der Waals surface area contributed by atoms with Gasteiger partial charge in [0, 0.05) is 57.5 Å². The number of carbonyl (C=O) groups excluding carboxylic acids is 1. The van der Waals surface area contributed by atoms with Crippen LogP contribution in [0.3, 0.4) is 0 Å². The van der Waals surface area contributed by atoms with Crippen LogP contribution in [-0.2, 0) is 11.3 Å². The van der Waals surface area contributed by atoms with Crippen molar-refractivity contribution in [3.63, 3.8) is 0 Å². The third-order valence-corrected chi connectivity index (χ3v) is 5.41. The number of piperidine rings is 1. The first kappa shape index (κ1) is 18.3. The van der Waals surface area contributed by atoms with Crippen molar-refractivity contribution >= 4 is 5.91 Å². The number of imidazole rings is 1. The minimum absolute atomic E-state index is 0.000808. The maximum Gasteiger partial charge on any atom is 0.250 e. The Bertz CT molecular complexity index is 597. The Morgan fingerprint density at radius 3 is 2.60 bits per heavy atom. The van der Waals surface area contributed by atoms with Crippen LogP contribution in [0.25, 0.3) is 0 Å². The number of hydrogen-bond donors (Lipinski definition) is 1. The molecule has 0 aromatic carbocycles. The highest BCUT2D eigenvalue weighted by Gasteiger charge is 2.39. The van der Waals surface area contributed by atoms with Gasteiger partial charge < -0.3 is 14.6 Å². The molecule has 25 heavy (non-hydrogen) atoms. The largest absolute Gasteiger partial charge is 0.391 e. The normalized spacial score (nSPS) is 27.9. The van der Waals surface area contributed by atoms with Crippen LogP contribution in [-0.4, -0.2) is 74.6 Å². The zero-order valence-corrected chi connectivity index (χ0v) is 14.6. The molecule has 0 unspecified atom stereocenters. The first-order valence-electron chi connectivity index (χ1n) is 8.91. The molecule has 0 spiro atoms. The van der Waals surface area contributed by atoms with Gasteiger partial charge in [-0.2, -0.15) is 0 Å². The van der Waals surface area contributed by atoms with E-state index in [1.807, 2.05) is 11.8 Å². The van der Waals surface area contributed by atoms with Crippen LogP contribution < -0.4 is 0 Å². The summed E-state index contributed by atoms with van der Waals surface area (Å²) in [6, 6.07) is -0.149. The summed E-state index contributed by atoms with van der Waals surface area (Å²) in [7, 11) is 0. The van der Waals surface area contributed by atoms with E-state index >= 15 is 0 Å². The molecule has 2 atom stereocenters. The number of hydrogen-bond acceptors (Lipinski definition) is 4. The summed E-state index contributed by atoms with van der Waals surface area (Å²) < 4.78 is 28.5. The number of alkyl halides is 2. The van der Waals surface area contributed by atoms with E-state index in [1.54, 1.807) is 21.9 Å². The molecular formula is C17H26F2N4O2. The fraction of sp³-hybridized carbons (Fsp3) is 0.765. The number of amides is 1. The molecule has 0 bridgehead atoms. The van der Waals surface area contributed by atoms with Gasteiger partial charge in [-0.25, -0.2) is 13.8 Å². The standard InChI is InChI=1S/C17H26F2N4O2/c1-13-20-6-11-23(13)12-16(25)22-7-2-14(15(24)3-8-22)21-9-4-17(18,19)5-10-21/h6,11,14-15,24H,2-5,7-10,12H2,1H3/t14-,15-/m0/s1. The van der Waals surface area contributed by atoms with Gasteiger partial charge in [0.25, 0.3) is 5.92 Å². The van der Waals surface area contributed by atoms with Crippen LogP contribution in [0.2, 0.25) is 0 Å². The highest BCUT2D eigenvalue weighted by molar-refractivity contribution is 5.76. The fourth-order valence-corrected chi connectivity index (χ4v) is 3.75. The summed E-state index contributed by atoms with van der Waals surface area (Å²) in [4.78, 5) is 20.4. The van der Waals surface area contributed by atoms with E-state index in [4.69, 9.17) is 0 Å². The Labute approximate surface area is 146 Å². The second kappa shape index (κ2) is 7.37. The first-order chi connectivity index (χ1) is 11.9. The zero-order chi connectivity index (χ0) is 18.0. The minimum atomic E-state index is -2.59. The van der Waals surface area contributed by atoms with Gasteiger partial charge >= 0.3 is 0 Å². The number of aliphatic hydroxyl groups excluding tert-OH is 1. The number of aryl methyl sites for hydroxylation is 1. The maximum atomic E-state index is 13.4. The number of carbonyl (C=O) groups is 1. The number of aliphatic hydroxyl groups is 1. The number of rotatable bonds is 3. The summed E-state index contributed by atoms with van der Waals surface area (Å²) in [5.74, 6) is -1.80. The highest BCUT2D eigenvalue weighted by Crippen LogP contribution is 2.30. The molecule has 1 aromatic heterocycles. The molecule has 1 amide bonds. The van der Waals surface area contributed by atoms with E-state index in [-0.39, 0.29) is 31.3 Å². The van der Waals surface area contributed by atoms with Crippen molar-refractivity contribution in [1.29, 1.82) is 0 Å². The average Bonchev–Trinajstić information content (AvgIpc) is 2.85. The summed E-state index contributed by atoms with van der Waals surface area (Å²) in [6.45, 7) is 3.73. The Morgan fingerprint density at radius 1 is 1.28 bits per heavy atom. The maximum absolute atomic E-state index is 13.4. The van der Waals surface area contributed by atoms with Crippen LogP contribution in [0, 0.1) is 6.92 Å². The minimum Gasteiger partial charge on any atom is -0.391 e. The van der Waals surface area contributed by atoms with E-state index in [2.05, 4.69) is 4.98 Å². The van der Waals surface area contributed by atoms with Crippen molar-refractivity contribution in [2.24, 2.45) is 0 Å². The van der Waals surface area contributed by atoms with Gasteiger partial charge in [0.1, 0.15) is 12.4 Å². The van der Waals surface area contributed by atoms with Crippen LogP contribution >= 0.6 is 0 Å². The van der Waals surface area contributed by atoms with E-state index < -0.39 is 12.0 Å². The SMILES string of the molecule is Cc1nccn1CC(=O)N1CC[C@H](O)[C@@H](N2CCC(F)(F)CC2)CC1. The van der Waals surface area contributed by atoms with E-state index in [0.717, 1.165) is 5.82 Å². The third-order valence-electron chi connectivity index (χ3n) is 5.41. The molecule has 140 valence electrons. The number of nitrogens with zero attached hydrogens (tertiary/aromatic N) is 4. The second-order valence-corrected chi connectivity index (χ2v) is 7.09. The van der Waals surface area contributed by atoms with E-state index in [0.29, 0.717) is 39.0 Å². The first-order valence-corrected chi connectivity index (χ1v) is 8.91. The van der Waals surface area contributed by atoms with Crippen molar-refractivity contribution in [3.8, 4) is 0 Å². The summed E-state index contributed by atoms with van der Waals surface area (Å²) in [5.41, 5.74) is 0. The lowest BCUT2D eigenvalue weighted by Crippen LogP contribution is -2.49. The molecule has 2 aliphatic rings. The Kier molecular flexibility index (Phi) is 5.38. The molecule has 0 aliphatic carbocycles. The molecule has 2 aliphatic heterocycles. The quantitative estimate of drug-likeness (QED) is 0.886. The van der Waals surface area contributed by atoms with Crippen LogP contribution in [0.1, 0.15) is 31.5 Å². The Morgan fingerprint density at radius 2 is 1.96 bits per heavy atom. The van der Waals surface area contributed by atoms with Gasteiger partial charge in [0.15, 0.2) is 0 Å². The van der Waals surface area contributed by atoms with Gasteiger partial charge in [-0.15, -0.1) is 0 Å². The van der Waals surface area contributed by atoms with Crippen LogP contribution in [0.5, 0.6) is 0 Å². The van der Waals surface area contributed by atoms with Gasteiger partial charge in [0.05, 0.1) is 6.10 Å². The predicted molar refractivity (Wildman–Crippen MR) is 88.3 cm³/mol. The number of halogens is 2. The lowest BCUT2D eigenvalue weighted by Gasteiger charge is -2.38. The number of likely N-dealkylation sites (tertiary alicyclic amines) is 2. The van der Waals surface area contributed by atoms with Crippen molar-refractivity contribution in [3.05, 3.63) is 18.2 Å². The fourth-order valence-electron chi connectivity index (χ4n) is 3.75. The molecule has 0 saturated carbocycles. The molecule has 3 heterocycles. The van der Waals surface area contributed by atoms with Crippen molar-refractivity contribution in [1.82, 2.24) is 19.4 Å². The molecular weight excluding hydrogens is 330 g/mol. The van der Waals surface area contributed by atoms with E-state index in [9.17, 15) is 18.7 Å². The summed E-state index contributed by atoms with van der Waals surface area (Å²) in [6.07, 6.45) is 3.64. The van der Waals surface area contributed by atoms with Gasteiger partial charge in [-0.3, -0.25) is 9.69 Å². The lowest BCUT2D eigenvalue weighted by atomic mass is 9.99. The van der Waals surface area contributed by atoms with Gasteiger partial charge in [-0.05, 0) is 19.8 Å². The van der Waals surface area contributed by atoms with Crippen molar-refractivity contribution in [2.75, 3.05) is 26.2 Å². The Balaban J connectivity index is 1.57. The second-order valence-electron chi connectivity index (χ2n) is 7.09. The zero-order valence-electron chi connectivity index (χ0n) is 14.6. The monoisotopic (exact) mass is 356 g/mol. The summed E-state index contributed by atoms with van der Waals surface area (Å²) in [5, 5.41) is 10.4. The lowest BCUT2D eigenvalue weighted by molar-refractivity contribution is -0.131. The molecule has 6 nitrogen and oxygen atoms in total. The highest BCUT2D eigenvalue weighted by atomic mass is 19.3. The van der Waals surface area contributed by atoms with Crippen LogP contribution in [0.15, 0.2) is 12.4 Å². The molecule has 2 saturated heterocycles. The van der Waals surface area contributed by atoms with Crippen molar-refractivity contribution < 1.29 is 18.7 Å². The molecule has 8 heteroatoms. The molecule has 1 aromatic rings. The number of aromatic nitrogens is 2. The van der Waals surface area contributed by atoms with Crippen molar-refractivity contribution in [2.45, 2.75) is 57.2 Å². The van der Waals surface area contributed by atoms with Gasteiger partial charge in [0.2, 0.25) is 5.91 Å². The third kappa shape index (κ3) is 4.36. The molecule has 3 rings (SSSR count). The van der Waals surface area contributed by atoms with Gasteiger partial charge in [-0.1, -0.05) is 0 Å². The average molecular weight is 356 g/mol. The van der Waals surface area contributed by atoms with Crippen LogP contribution in [0.4, 0.5) is 8.78 Å². The topological polar surface area (TPSA) is 61.6 Å².